The number of hydrogen-bond donors (Lipinski definition) is 3. The van der Waals surface area contributed by atoms with Crippen LogP contribution in [-0.2, 0) is 11.0 Å². The van der Waals surface area contributed by atoms with Crippen LogP contribution in [0.25, 0.3) is 0 Å². The van der Waals surface area contributed by atoms with Gasteiger partial charge in [0.25, 0.3) is 0 Å². The molecule has 0 aliphatic carbocycles. The van der Waals surface area contributed by atoms with E-state index in [0.717, 1.165) is 43.2 Å². The third-order valence-corrected chi connectivity index (χ3v) is 7.33. The summed E-state index contributed by atoms with van der Waals surface area (Å²) in [5.74, 6) is 1.23. The molecule has 3 N–H and O–H groups in total. The Balaban J connectivity index is 1.91. The lowest BCUT2D eigenvalue weighted by atomic mass is 10.1. The van der Waals surface area contributed by atoms with Crippen LogP contribution in [0.5, 0.6) is 0 Å². The molecule has 0 saturated carbocycles. The summed E-state index contributed by atoms with van der Waals surface area (Å²) in [5, 5.41) is 16.0. The van der Waals surface area contributed by atoms with Crippen LogP contribution in [0.1, 0.15) is 46.5 Å². The van der Waals surface area contributed by atoms with Crippen molar-refractivity contribution in [2.45, 2.75) is 63.8 Å². The highest BCUT2D eigenvalue weighted by molar-refractivity contribution is 9.10. The maximum Gasteiger partial charge on any atom is 0.224 e. The van der Waals surface area contributed by atoms with Crippen molar-refractivity contribution in [2.24, 2.45) is 0 Å². The summed E-state index contributed by atoms with van der Waals surface area (Å²) in [5.41, 5.74) is 0. The maximum absolute atomic E-state index is 12.6. The molecule has 2 rings (SSSR count). The average Bonchev–Trinajstić information content (AvgIpc) is 2.65. The van der Waals surface area contributed by atoms with Crippen molar-refractivity contribution in [1.82, 2.24) is 14.3 Å². The van der Waals surface area contributed by atoms with Gasteiger partial charge in [-0.1, -0.05) is 13.8 Å². The van der Waals surface area contributed by atoms with Crippen molar-refractivity contribution in [3.63, 3.8) is 0 Å². The zero-order chi connectivity index (χ0) is 19.1. The van der Waals surface area contributed by atoms with Gasteiger partial charge in [-0.05, 0) is 48.5 Å². The maximum atomic E-state index is 12.6. The molecule has 1 aliphatic heterocycles. The fraction of sp³-hybridized carbons (Fsp3) is 0.765. The van der Waals surface area contributed by atoms with Gasteiger partial charge in [0, 0.05) is 36.6 Å². The molecule has 9 heteroatoms. The number of rotatable bonds is 9. The van der Waals surface area contributed by atoms with E-state index in [1.807, 2.05) is 6.92 Å². The summed E-state index contributed by atoms with van der Waals surface area (Å²) in [6, 6.07) is 0.187. The van der Waals surface area contributed by atoms with Crippen LogP contribution in [0.15, 0.2) is 10.7 Å². The Morgan fingerprint density at radius 1 is 1.38 bits per heavy atom. The summed E-state index contributed by atoms with van der Waals surface area (Å²) < 4.78 is 15.5. The lowest BCUT2D eigenvalue weighted by Gasteiger charge is -2.33. The highest BCUT2D eigenvalue weighted by Gasteiger charge is 2.26. The number of aliphatic hydroxyl groups is 1. The van der Waals surface area contributed by atoms with E-state index in [0.29, 0.717) is 11.8 Å². The molecule has 0 aromatic carbocycles. The molecule has 2 heterocycles. The Morgan fingerprint density at radius 3 is 2.62 bits per heavy atom. The second-order valence-electron chi connectivity index (χ2n) is 6.68. The number of nitrogens with zero attached hydrogens (tertiary/aromatic N) is 3. The van der Waals surface area contributed by atoms with Crippen molar-refractivity contribution < 1.29 is 9.32 Å². The normalized spacial score (nSPS) is 18.7. The molecule has 26 heavy (non-hydrogen) atoms. The Morgan fingerprint density at radius 2 is 2.04 bits per heavy atom. The summed E-state index contributed by atoms with van der Waals surface area (Å²) in [6.45, 7) is 7.78. The molecular formula is C17H30BrN5O2S. The van der Waals surface area contributed by atoms with Crippen LogP contribution >= 0.6 is 15.9 Å². The van der Waals surface area contributed by atoms with Crippen molar-refractivity contribution in [3.8, 4) is 0 Å². The first kappa shape index (κ1) is 21.5. The minimum Gasteiger partial charge on any atom is -0.394 e. The van der Waals surface area contributed by atoms with Crippen molar-refractivity contribution in [3.05, 3.63) is 10.7 Å². The Kier molecular flexibility index (Phi) is 8.72. The lowest BCUT2D eigenvalue weighted by molar-refractivity contribution is 0.281. The molecule has 0 spiro atoms. The largest absolute Gasteiger partial charge is 0.394 e. The Bertz CT molecular complexity index is 595. The van der Waals surface area contributed by atoms with Gasteiger partial charge in [-0.15, -0.1) is 0 Å². The SMILES string of the molecule is CCC(CC)S(=O)N1CCC(Nc2ncc(Br)c(NC(C)CO)n2)CC1. The lowest BCUT2D eigenvalue weighted by Crippen LogP contribution is -2.42. The molecule has 1 aromatic heterocycles. The fourth-order valence-electron chi connectivity index (χ4n) is 2.96. The zero-order valence-electron chi connectivity index (χ0n) is 15.7. The highest BCUT2D eigenvalue weighted by Crippen LogP contribution is 2.23. The smallest absolute Gasteiger partial charge is 0.224 e. The number of nitrogens with one attached hydrogen (secondary N) is 2. The predicted octanol–water partition coefficient (Wildman–Crippen LogP) is 2.76. The quantitative estimate of drug-likeness (QED) is 0.538. The van der Waals surface area contributed by atoms with Gasteiger partial charge >= 0.3 is 0 Å². The van der Waals surface area contributed by atoms with Crippen LogP contribution in [-0.4, -0.2) is 60.6 Å². The molecule has 2 atom stereocenters. The van der Waals surface area contributed by atoms with Gasteiger partial charge < -0.3 is 15.7 Å². The topological polar surface area (TPSA) is 90.4 Å². The molecule has 1 aliphatic rings. The van der Waals surface area contributed by atoms with Crippen molar-refractivity contribution in [2.75, 3.05) is 30.3 Å². The van der Waals surface area contributed by atoms with Gasteiger partial charge in [0.05, 0.1) is 22.1 Å². The zero-order valence-corrected chi connectivity index (χ0v) is 18.1. The van der Waals surface area contributed by atoms with E-state index >= 15 is 0 Å². The van der Waals surface area contributed by atoms with Crippen molar-refractivity contribution in [1.29, 1.82) is 0 Å². The Labute approximate surface area is 167 Å². The fourth-order valence-corrected chi connectivity index (χ4v) is 4.83. The molecule has 148 valence electrons. The summed E-state index contributed by atoms with van der Waals surface area (Å²) in [4.78, 5) is 8.83. The third kappa shape index (κ3) is 5.87. The second-order valence-corrected chi connectivity index (χ2v) is 9.27. The third-order valence-electron chi connectivity index (χ3n) is 4.64. The summed E-state index contributed by atoms with van der Waals surface area (Å²) >= 11 is 3.43. The van der Waals surface area contributed by atoms with E-state index in [1.54, 1.807) is 6.20 Å². The van der Waals surface area contributed by atoms with Crippen LogP contribution in [0.2, 0.25) is 0 Å². The molecular weight excluding hydrogens is 418 g/mol. The number of halogens is 1. The second kappa shape index (κ2) is 10.5. The monoisotopic (exact) mass is 447 g/mol. The number of aliphatic hydroxyl groups excluding tert-OH is 1. The van der Waals surface area contributed by atoms with Gasteiger partial charge in [-0.3, -0.25) is 0 Å². The predicted molar refractivity (Wildman–Crippen MR) is 111 cm³/mol. The molecule has 1 fully saturated rings. The number of hydrogen-bond acceptors (Lipinski definition) is 6. The van der Waals surface area contributed by atoms with Gasteiger partial charge in [0.1, 0.15) is 5.82 Å². The molecule has 1 aromatic rings. The molecule has 2 unspecified atom stereocenters. The number of piperidine rings is 1. The van der Waals surface area contributed by atoms with E-state index in [4.69, 9.17) is 0 Å². The molecule has 7 nitrogen and oxygen atoms in total. The van der Waals surface area contributed by atoms with E-state index in [1.165, 1.54) is 0 Å². The number of anilines is 2. The minimum atomic E-state index is -0.886. The molecule has 0 radical (unpaired) electrons. The van der Waals surface area contributed by atoms with Gasteiger partial charge in [-0.2, -0.15) is 4.98 Å². The van der Waals surface area contributed by atoms with Crippen LogP contribution in [0.4, 0.5) is 11.8 Å². The van der Waals surface area contributed by atoms with E-state index in [-0.39, 0.29) is 23.9 Å². The molecule has 0 bridgehead atoms. The highest BCUT2D eigenvalue weighted by atomic mass is 79.9. The van der Waals surface area contributed by atoms with Gasteiger partial charge in [0.2, 0.25) is 5.95 Å². The van der Waals surface area contributed by atoms with Crippen LogP contribution < -0.4 is 10.6 Å². The Hall–Kier alpha value is -0.770. The standard InChI is InChI=1S/C17H30BrN5O2S/c1-4-14(5-2)26(25)23-8-6-13(7-9-23)21-17-19-10-15(18)16(22-17)20-12(3)11-24/h10,12-14,24H,4-9,11H2,1-3H3,(H2,19,20,21,22). The first-order valence-electron chi connectivity index (χ1n) is 9.30. The van der Waals surface area contributed by atoms with Gasteiger partial charge in [-0.25, -0.2) is 13.5 Å². The van der Waals surface area contributed by atoms with Crippen molar-refractivity contribution >= 4 is 38.7 Å². The minimum absolute atomic E-state index is 0.0331. The summed E-state index contributed by atoms with van der Waals surface area (Å²) in [6.07, 6.45) is 5.45. The van der Waals surface area contributed by atoms with E-state index < -0.39 is 11.0 Å². The van der Waals surface area contributed by atoms with Crippen LogP contribution in [0.3, 0.4) is 0 Å². The van der Waals surface area contributed by atoms with Gasteiger partial charge in [0.15, 0.2) is 0 Å². The molecule has 1 saturated heterocycles. The first-order valence-corrected chi connectivity index (χ1v) is 11.3. The molecule has 0 amide bonds. The number of aromatic nitrogens is 2. The average molecular weight is 448 g/mol. The van der Waals surface area contributed by atoms with Crippen LogP contribution in [0, 0.1) is 0 Å². The first-order chi connectivity index (χ1) is 12.5. The van der Waals surface area contributed by atoms with E-state index in [9.17, 15) is 9.32 Å². The summed E-state index contributed by atoms with van der Waals surface area (Å²) in [7, 11) is -0.886. The van der Waals surface area contributed by atoms with E-state index in [2.05, 4.69) is 54.7 Å².